The van der Waals surface area contributed by atoms with Crippen molar-refractivity contribution in [2.75, 3.05) is 14.1 Å². The minimum Gasteiger partial charge on any atom is -0.347 e. The van der Waals surface area contributed by atoms with Crippen molar-refractivity contribution in [3.05, 3.63) is 114 Å². The molecule has 0 aliphatic rings. The summed E-state index contributed by atoms with van der Waals surface area (Å²) in [4.78, 5) is 6.71. The van der Waals surface area contributed by atoms with Gasteiger partial charge >= 0.3 is 0 Å². The Kier molecular flexibility index (Phi) is 7.26. The quantitative estimate of drug-likeness (QED) is 0.387. The first-order valence-electron chi connectivity index (χ1n) is 9.96. The Morgan fingerprint density at radius 1 is 0.806 bits per heavy atom. The molecule has 0 unspecified atom stereocenters. The highest BCUT2D eigenvalue weighted by Gasteiger charge is 2.26. The summed E-state index contributed by atoms with van der Waals surface area (Å²) in [5.41, 5.74) is 2.51. The number of amidine groups is 1. The molecule has 0 saturated heterocycles. The molecule has 0 amide bonds. The highest BCUT2D eigenvalue weighted by Crippen LogP contribution is 2.21. The molecular formula is C25H27N3O2S. The summed E-state index contributed by atoms with van der Waals surface area (Å²) in [6.07, 6.45) is 0. The number of rotatable bonds is 8. The van der Waals surface area contributed by atoms with Crippen LogP contribution in [-0.4, -0.2) is 37.6 Å². The third-order valence-corrected chi connectivity index (χ3v) is 6.79. The van der Waals surface area contributed by atoms with Gasteiger partial charge in [-0.2, -0.15) is 0 Å². The molecule has 0 aliphatic carbocycles. The summed E-state index contributed by atoms with van der Waals surface area (Å²) < 4.78 is 27.5. The highest BCUT2D eigenvalue weighted by molar-refractivity contribution is 7.89. The summed E-state index contributed by atoms with van der Waals surface area (Å²) >= 11 is 0. The van der Waals surface area contributed by atoms with E-state index in [0.717, 1.165) is 11.1 Å². The molecule has 0 radical (unpaired) electrons. The van der Waals surface area contributed by atoms with Crippen molar-refractivity contribution in [2.45, 2.75) is 18.0 Å². The summed E-state index contributed by atoms with van der Waals surface area (Å²) in [7, 11) is -0.574. The lowest BCUT2D eigenvalue weighted by molar-refractivity contribution is 0.398. The average molecular weight is 434 g/mol. The Morgan fingerprint density at radius 2 is 1.23 bits per heavy atom. The van der Waals surface area contributed by atoms with Crippen LogP contribution in [0.1, 0.15) is 11.1 Å². The maximum atomic E-state index is 13.1. The Labute approximate surface area is 185 Å². The first kappa shape index (κ1) is 22.3. The molecule has 0 saturated carbocycles. The van der Waals surface area contributed by atoms with Gasteiger partial charge in [0.15, 0.2) is 0 Å². The van der Waals surface area contributed by atoms with E-state index in [1.165, 1.54) is 11.4 Å². The standard InChI is InChI=1S/C25H27N3O2S/c1-21(27(3)31(29,30)24-17-11-6-12-18-24)25(26-2)28(19-22-13-7-4-8-14-22)20-23-15-9-5-10-16-23/h4-18H,1,19-20H2,2-3H3. The Hall–Kier alpha value is -3.38. The van der Waals surface area contributed by atoms with E-state index in [4.69, 9.17) is 0 Å². The second-order valence-electron chi connectivity index (χ2n) is 7.11. The van der Waals surface area contributed by atoms with Gasteiger partial charge in [-0.15, -0.1) is 0 Å². The maximum absolute atomic E-state index is 13.1. The molecule has 160 valence electrons. The zero-order chi connectivity index (χ0) is 22.3. The molecule has 0 heterocycles. The molecule has 0 N–H and O–H groups in total. The van der Waals surface area contributed by atoms with E-state index in [9.17, 15) is 8.42 Å². The first-order valence-corrected chi connectivity index (χ1v) is 11.4. The van der Waals surface area contributed by atoms with Crippen LogP contribution < -0.4 is 0 Å². The van der Waals surface area contributed by atoms with Crippen LogP contribution in [0.25, 0.3) is 0 Å². The van der Waals surface area contributed by atoms with Crippen LogP contribution >= 0.6 is 0 Å². The van der Waals surface area contributed by atoms with Crippen molar-refractivity contribution in [1.29, 1.82) is 0 Å². The van der Waals surface area contributed by atoms with Crippen LogP contribution in [0.2, 0.25) is 0 Å². The number of hydrogen-bond acceptors (Lipinski definition) is 3. The summed E-state index contributed by atoms with van der Waals surface area (Å²) in [5.74, 6) is 0.523. The fraction of sp³-hybridized carbons (Fsp3) is 0.160. The smallest absolute Gasteiger partial charge is 0.264 e. The molecule has 0 aliphatic heterocycles. The monoisotopic (exact) mass is 433 g/mol. The molecule has 3 aromatic rings. The molecule has 0 spiro atoms. The normalized spacial score (nSPS) is 11.7. The van der Waals surface area contributed by atoms with E-state index in [1.807, 2.05) is 65.6 Å². The van der Waals surface area contributed by atoms with Gasteiger partial charge in [0.05, 0.1) is 10.6 Å². The van der Waals surface area contributed by atoms with Gasteiger partial charge in [0.2, 0.25) is 0 Å². The van der Waals surface area contributed by atoms with Gasteiger partial charge in [0.1, 0.15) is 5.84 Å². The van der Waals surface area contributed by atoms with Crippen molar-refractivity contribution in [2.24, 2.45) is 4.99 Å². The van der Waals surface area contributed by atoms with Gasteiger partial charge in [-0.25, -0.2) is 8.42 Å². The fourth-order valence-electron chi connectivity index (χ4n) is 3.30. The lowest BCUT2D eigenvalue weighted by atomic mass is 10.1. The Morgan fingerprint density at radius 3 is 1.65 bits per heavy atom. The van der Waals surface area contributed by atoms with Crippen LogP contribution in [0.15, 0.2) is 113 Å². The predicted octanol–water partition coefficient (Wildman–Crippen LogP) is 4.55. The van der Waals surface area contributed by atoms with Crippen LogP contribution in [0.3, 0.4) is 0 Å². The van der Waals surface area contributed by atoms with E-state index in [1.54, 1.807) is 37.4 Å². The van der Waals surface area contributed by atoms with Gasteiger partial charge in [0, 0.05) is 27.2 Å². The van der Waals surface area contributed by atoms with Crippen molar-refractivity contribution < 1.29 is 8.42 Å². The second kappa shape index (κ2) is 10.1. The number of hydrogen-bond donors (Lipinski definition) is 0. The van der Waals surface area contributed by atoms with E-state index in [-0.39, 0.29) is 4.90 Å². The molecule has 0 atom stereocenters. The third kappa shape index (κ3) is 5.41. The third-order valence-electron chi connectivity index (χ3n) is 4.98. The van der Waals surface area contributed by atoms with E-state index >= 15 is 0 Å². The largest absolute Gasteiger partial charge is 0.347 e. The lowest BCUT2D eigenvalue weighted by Crippen LogP contribution is -2.38. The first-order chi connectivity index (χ1) is 14.9. The predicted molar refractivity (Wildman–Crippen MR) is 126 cm³/mol. The number of benzene rings is 3. The summed E-state index contributed by atoms with van der Waals surface area (Å²) in [6, 6.07) is 28.4. The van der Waals surface area contributed by atoms with Crippen LogP contribution in [0.4, 0.5) is 0 Å². The topological polar surface area (TPSA) is 53.0 Å². The number of sulfonamides is 1. The molecule has 0 fully saturated rings. The van der Waals surface area contributed by atoms with E-state index in [2.05, 4.69) is 11.6 Å². The molecule has 3 aromatic carbocycles. The minimum atomic E-state index is -3.75. The van der Waals surface area contributed by atoms with Gasteiger partial charge in [-0.3, -0.25) is 9.30 Å². The van der Waals surface area contributed by atoms with Crippen molar-refractivity contribution in [3.63, 3.8) is 0 Å². The summed E-state index contributed by atoms with van der Waals surface area (Å²) in [6.45, 7) is 5.24. The Balaban J connectivity index is 1.92. The molecular weight excluding hydrogens is 406 g/mol. The lowest BCUT2D eigenvalue weighted by Gasteiger charge is -2.31. The van der Waals surface area contributed by atoms with Gasteiger partial charge in [0.25, 0.3) is 10.0 Å². The van der Waals surface area contributed by atoms with E-state index < -0.39 is 10.0 Å². The van der Waals surface area contributed by atoms with Crippen molar-refractivity contribution in [3.8, 4) is 0 Å². The van der Waals surface area contributed by atoms with Crippen LogP contribution in [0, 0.1) is 0 Å². The van der Waals surface area contributed by atoms with Crippen LogP contribution in [-0.2, 0) is 23.1 Å². The minimum absolute atomic E-state index is 0.215. The Bertz CT molecular complexity index is 1090. The molecule has 6 heteroatoms. The number of nitrogens with zero attached hydrogens (tertiary/aromatic N) is 3. The van der Waals surface area contributed by atoms with Crippen LogP contribution in [0.5, 0.6) is 0 Å². The van der Waals surface area contributed by atoms with Crippen molar-refractivity contribution in [1.82, 2.24) is 9.21 Å². The molecule has 0 bridgehead atoms. The van der Waals surface area contributed by atoms with Gasteiger partial charge in [-0.05, 0) is 23.3 Å². The SMILES string of the molecule is C=C(C(=NC)N(Cc1ccccc1)Cc1ccccc1)N(C)S(=O)(=O)c1ccccc1. The van der Waals surface area contributed by atoms with Crippen molar-refractivity contribution >= 4 is 15.9 Å². The highest BCUT2D eigenvalue weighted by atomic mass is 32.2. The molecule has 5 nitrogen and oxygen atoms in total. The van der Waals surface area contributed by atoms with E-state index in [0.29, 0.717) is 24.6 Å². The average Bonchev–Trinajstić information content (AvgIpc) is 2.80. The zero-order valence-corrected chi connectivity index (χ0v) is 18.7. The van der Waals surface area contributed by atoms with Gasteiger partial charge in [-0.1, -0.05) is 85.4 Å². The number of aliphatic imine (C=N–C) groups is 1. The molecule has 0 aromatic heterocycles. The molecule has 31 heavy (non-hydrogen) atoms. The summed E-state index contributed by atoms with van der Waals surface area (Å²) in [5, 5.41) is 0. The zero-order valence-electron chi connectivity index (χ0n) is 17.8. The fourth-order valence-corrected chi connectivity index (χ4v) is 4.49. The molecule has 3 rings (SSSR count). The second-order valence-corrected chi connectivity index (χ2v) is 9.08. The number of likely N-dealkylation sites (N-methyl/N-ethyl adjacent to an activating group) is 1. The maximum Gasteiger partial charge on any atom is 0.264 e. The van der Waals surface area contributed by atoms with Gasteiger partial charge < -0.3 is 4.90 Å².